The zero-order valence-corrected chi connectivity index (χ0v) is 9.58. The van der Waals surface area contributed by atoms with Crippen LogP contribution in [0.3, 0.4) is 0 Å². The maximum absolute atomic E-state index is 10.5. The van der Waals surface area contributed by atoms with Gasteiger partial charge in [-0.3, -0.25) is 4.79 Å². The van der Waals surface area contributed by atoms with E-state index in [2.05, 4.69) is 0 Å². The summed E-state index contributed by atoms with van der Waals surface area (Å²) in [5, 5.41) is 0. The van der Waals surface area contributed by atoms with Gasteiger partial charge in [-0.1, -0.05) is 6.42 Å². The van der Waals surface area contributed by atoms with Crippen LogP contribution in [0.2, 0.25) is 0 Å². The zero-order chi connectivity index (χ0) is 8.53. The third-order valence-electron chi connectivity index (χ3n) is 1.39. The third-order valence-corrected chi connectivity index (χ3v) is 1.39. The largest absolute Gasteiger partial charge is 0.584 e. The van der Waals surface area contributed by atoms with Crippen LogP contribution in [0, 0.1) is 0 Å². The summed E-state index contributed by atoms with van der Waals surface area (Å²) in [4.78, 5) is 10.5. The molecule has 0 aromatic heterocycles. The summed E-state index contributed by atoms with van der Waals surface area (Å²) in [6.45, 7) is 0.752. The predicted octanol–water partition coefficient (Wildman–Crippen LogP) is 1.27. The van der Waals surface area contributed by atoms with E-state index in [0.717, 1.165) is 25.9 Å². The van der Waals surface area contributed by atoms with Gasteiger partial charge < -0.3 is 16.0 Å². The summed E-state index contributed by atoms with van der Waals surface area (Å²) in [7, 11) is 1.66. The summed E-state index contributed by atoms with van der Waals surface area (Å²) in [5.74, 6) is 6.29. The van der Waals surface area contributed by atoms with E-state index in [1.165, 1.54) is 0 Å². The summed E-state index contributed by atoms with van der Waals surface area (Å²) in [5.41, 5.74) is 1.84. The number of rotatable bonds is 6. The minimum absolute atomic E-state index is 0. The standard InChI is InChI=1S/C7H15N2O2.Ir/c1-11-6-4-2-3-5-7(10)9-8;/h8H,2-6H2,1H3,(H,9,10);/q-1;. The van der Waals surface area contributed by atoms with Crippen molar-refractivity contribution in [3.63, 3.8) is 0 Å². The smallest absolute Gasteiger partial charge is 0.203 e. The summed E-state index contributed by atoms with van der Waals surface area (Å²) in [6, 6.07) is 0. The van der Waals surface area contributed by atoms with Gasteiger partial charge in [-0.25, -0.2) is 0 Å². The molecule has 0 saturated heterocycles. The van der Waals surface area contributed by atoms with Crippen LogP contribution in [0.4, 0.5) is 0 Å². The molecule has 0 unspecified atom stereocenters. The molecule has 4 nitrogen and oxygen atoms in total. The number of unbranched alkanes of at least 4 members (excludes halogenated alkanes) is 2. The molecule has 0 aliphatic carbocycles. The normalized spacial score (nSPS) is 8.83. The number of methoxy groups -OCH3 is 1. The number of hydrogen-bond donors (Lipinski definition) is 1. The van der Waals surface area contributed by atoms with Gasteiger partial charge in [0.1, 0.15) is 0 Å². The number of ether oxygens (including phenoxy) is 1. The second-order valence-corrected chi connectivity index (χ2v) is 2.35. The third kappa shape index (κ3) is 10.0. The van der Waals surface area contributed by atoms with Crippen LogP contribution in [0.15, 0.2) is 0 Å². The molecule has 0 aromatic rings. The van der Waals surface area contributed by atoms with E-state index in [1.54, 1.807) is 7.11 Å². The van der Waals surface area contributed by atoms with E-state index in [4.69, 9.17) is 10.6 Å². The SMILES string of the molecule is COCCCCCC(=O)N[NH-].[Ir]. The number of amides is 1. The van der Waals surface area contributed by atoms with E-state index >= 15 is 0 Å². The van der Waals surface area contributed by atoms with Crippen molar-refractivity contribution in [2.24, 2.45) is 0 Å². The van der Waals surface area contributed by atoms with E-state index < -0.39 is 0 Å². The van der Waals surface area contributed by atoms with E-state index in [1.807, 2.05) is 5.43 Å². The van der Waals surface area contributed by atoms with Gasteiger partial charge in [0.05, 0.1) is 0 Å². The Morgan fingerprint density at radius 1 is 1.42 bits per heavy atom. The fourth-order valence-electron chi connectivity index (χ4n) is 0.771. The van der Waals surface area contributed by atoms with Crippen LogP contribution in [0.5, 0.6) is 0 Å². The Kier molecular flexibility index (Phi) is 13.4. The first kappa shape index (κ1) is 14.6. The molecular weight excluding hydrogens is 336 g/mol. The van der Waals surface area contributed by atoms with Crippen molar-refractivity contribution in [2.45, 2.75) is 25.7 Å². The molecule has 2 N–H and O–H groups in total. The monoisotopic (exact) mass is 352 g/mol. The summed E-state index contributed by atoms with van der Waals surface area (Å²) >= 11 is 0. The molecule has 12 heavy (non-hydrogen) atoms. The van der Waals surface area contributed by atoms with Gasteiger partial charge in [-0.2, -0.15) is 0 Å². The van der Waals surface area contributed by atoms with E-state index in [-0.39, 0.29) is 26.0 Å². The van der Waals surface area contributed by atoms with Gasteiger partial charge in [0, 0.05) is 40.2 Å². The van der Waals surface area contributed by atoms with Gasteiger partial charge in [0.2, 0.25) is 5.91 Å². The van der Waals surface area contributed by atoms with Crippen LogP contribution in [-0.2, 0) is 29.6 Å². The average Bonchev–Trinajstić information content (AvgIpc) is 2.04. The Morgan fingerprint density at radius 3 is 2.58 bits per heavy atom. The Labute approximate surface area is 86.5 Å². The summed E-state index contributed by atoms with van der Waals surface area (Å²) in [6.07, 6.45) is 3.27. The van der Waals surface area contributed by atoms with Crippen molar-refractivity contribution in [3.05, 3.63) is 5.84 Å². The molecule has 0 spiro atoms. The van der Waals surface area contributed by atoms with Crippen molar-refractivity contribution >= 4 is 5.91 Å². The molecule has 0 saturated carbocycles. The van der Waals surface area contributed by atoms with Crippen LogP contribution in [-0.4, -0.2) is 19.6 Å². The molecule has 0 fully saturated rings. The fourth-order valence-corrected chi connectivity index (χ4v) is 0.771. The van der Waals surface area contributed by atoms with E-state index in [9.17, 15) is 4.79 Å². The van der Waals surface area contributed by atoms with Crippen LogP contribution in [0.25, 0.3) is 5.84 Å². The molecule has 0 bridgehead atoms. The second kappa shape index (κ2) is 11.0. The van der Waals surface area contributed by atoms with Gasteiger partial charge in [-0.05, 0) is 12.8 Å². The molecule has 0 aliphatic rings. The molecule has 1 radical (unpaired) electrons. The van der Waals surface area contributed by atoms with Crippen LogP contribution < -0.4 is 5.43 Å². The first-order chi connectivity index (χ1) is 5.31. The van der Waals surface area contributed by atoms with Crippen LogP contribution >= 0.6 is 0 Å². The molecule has 75 valence electrons. The molecular formula is C7H15IrN2O2-. The maximum atomic E-state index is 10.5. The molecule has 1 amide bonds. The predicted molar refractivity (Wildman–Crippen MR) is 42.8 cm³/mol. The molecule has 5 heteroatoms. The molecule has 0 aliphatic heterocycles. The molecule has 0 rings (SSSR count). The van der Waals surface area contributed by atoms with Crippen molar-refractivity contribution < 1.29 is 29.6 Å². The van der Waals surface area contributed by atoms with Gasteiger partial charge in [-0.15, -0.1) is 0 Å². The van der Waals surface area contributed by atoms with Crippen molar-refractivity contribution in [3.8, 4) is 0 Å². The second-order valence-electron chi connectivity index (χ2n) is 2.35. The van der Waals surface area contributed by atoms with Crippen molar-refractivity contribution in [1.82, 2.24) is 5.43 Å². The zero-order valence-electron chi connectivity index (χ0n) is 7.19. The maximum Gasteiger partial charge on any atom is 0.203 e. The quantitative estimate of drug-likeness (QED) is 0.579. The minimum Gasteiger partial charge on any atom is -0.584 e. The number of carbonyl (C=O) groups excluding carboxylic acids is 1. The first-order valence-electron chi connectivity index (χ1n) is 3.75. The Morgan fingerprint density at radius 2 is 2.08 bits per heavy atom. The van der Waals surface area contributed by atoms with Crippen molar-refractivity contribution in [1.29, 1.82) is 0 Å². The topological polar surface area (TPSA) is 62.1 Å². The average molecular weight is 351 g/mol. The molecule has 0 atom stereocenters. The number of hydrogen-bond acceptors (Lipinski definition) is 2. The first-order valence-corrected chi connectivity index (χ1v) is 3.75. The number of nitrogens with one attached hydrogen (secondary N) is 2. The van der Waals surface area contributed by atoms with Gasteiger partial charge >= 0.3 is 0 Å². The summed E-state index contributed by atoms with van der Waals surface area (Å²) < 4.78 is 4.84. The minimum atomic E-state index is -0.206. The fraction of sp³-hybridized carbons (Fsp3) is 0.857. The van der Waals surface area contributed by atoms with Crippen LogP contribution in [0.1, 0.15) is 25.7 Å². The molecule has 0 aromatic carbocycles. The van der Waals surface area contributed by atoms with Crippen molar-refractivity contribution in [2.75, 3.05) is 13.7 Å². The Hall–Kier alpha value is 0.0394. The molecule has 0 heterocycles. The van der Waals surface area contributed by atoms with Gasteiger partial charge in [0.15, 0.2) is 0 Å². The van der Waals surface area contributed by atoms with E-state index in [0.29, 0.717) is 6.42 Å². The number of carbonyl (C=O) groups is 1. The Bertz CT molecular complexity index is 112. The van der Waals surface area contributed by atoms with Gasteiger partial charge in [0.25, 0.3) is 0 Å². The Balaban J connectivity index is 0.